The standard InChI is InChI=1S/C18H16N6O/c1-12-16-17(24(23-12)14-8-10-15(25-2)11-9-14)20-18(22-21-16)19-13-6-4-3-5-7-13/h3-11H,1-2H3,(H,19,20,22). The van der Waals surface area contributed by atoms with Gasteiger partial charge in [-0.15, -0.1) is 10.2 Å². The molecule has 25 heavy (non-hydrogen) atoms. The van der Waals surface area contributed by atoms with Gasteiger partial charge in [0.2, 0.25) is 5.95 Å². The molecule has 1 N–H and O–H groups in total. The molecule has 0 fully saturated rings. The van der Waals surface area contributed by atoms with Gasteiger partial charge in [-0.25, -0.2) is 4.68 Å². The molecular formula is C18H16N6O. The van der Waals surface area contributed by atoms with Gasteiger partial charge in [0, 0.05) is 5.69 Å². The molecule has 7 heteroatoms. The molecule has 2 aromatic carbocycles. The number of para-hydroxylation sites is 1. The predicted molar refractivity (Wildman–Crippen MR) is 95.5 cm³/mol. The normalized spacial score (nSPS) is 10.8. The van der Waals surface area contributed by atoms with Gasteiger partial charge in [0.25, 0.3) is 0 Å². The van der Waals surface area contributed by atoms with Crippen molar-refractivity contribution in [2.75, 3.05) is 12.4 Å². The Kier molecular flexibility index (Phi) is 3.74. The zero-order valence-corrected chi connectivity index (χ0v) is 13.8. The molecule has 0 radical (unpaired) electrons. The SMILES string of the molecule is COc1ccc(-n2nc(C)c3nnc(Nc4ccccc4)nc32)cc1. The van der Waals surface area contributed by atoms with Crippen molar-refractivity contribution in [2.24, 2.45) is 0 Å². The van der Waals surface area contributed by atoms with E-state index in [0.29, 0.717) is 17.1 Å². The lowest BCUT2D eigenvalue weighted by Crippen LogP contribution is -2.02. The van der Waals surface area contributed by atoms with Gasteiger partial charge in [-0.1, -0.05) is 18.2 Å². The first-order valence-corrected chi connectivity index (χ1v) is 7.81. The largest absolute Gasteiger partial charge is 0.497 e. The number of anilines is 2. The van der Waals surface area contributed by atoms with Crippen molar-refractivity contribution < 1.29 is 4.74 Å². The van der Waals surface area contributed by atoms with Crippen LogP contribution in [0.25, 0.3) is 16.9 Å². The Bertz CT molecular complexity index is 1010. The number of nitrogens with one attached hydrogen (secondary N) is 1. The molecule has 4 rings (SSSR count). The van der Waals surface area contributed by atoms with E-state index in [1.54, 1.807) is 11.8 Å². The second-order valence-electron chi connectivity index (χ2n) is 5.49. The van der Waals surface area contributed by atoms with E-state index < -0.39 is 0 Å². The number of hydrogen-bond donors (Lipinski definition) is 1. The monoisotopic (exact) mass is 332 g/mol. The van der Waals surface area contributed by atoms with Crippen LogP contribution in [0.1, 0.15) is 5.69 Å². The maximum Gasteiger partial charge on any atom is 0.249 e. The van der Waals surface area contributed by atoms with E-state index in [0.717, 1.165) is 22.8 Å². The molecule has 2 aromatic heterocycles. The van der Waals surface area contributed by atoms with Gasteiger partial charge in [0.05, 0.1) is 18.5 Å². The van der Waals surface area contributed by atoms with Crippen LogP contribution in [0.5, 0.6) is 5.75 Å². The Morgan fingerprint density at radius 3 is 2.44 bits per heavy atom. The van der Waals surface area contributed by atoms with Gasteiger partial charge in [0.1, 0.15) is 5.75 Å². The lowest BCUT2D eigenvalue weighted by molar-refractivity contribution is 0.414. The van der Waals surface area contributed by atoms with Gasteiger partial charge in [-0.3, -0.25) is 0 Å². The van der Waals surface area contributed by atoms with E-state index in [2.05, 4.69) is 25.6 Å². The Balaban J connectivity index is 1.77. The fourth-order valence-electron chi connectivity index (χ4n) is 2.55. The first-order chi connectivity index (χ1) is 12.2. The van der Waals surface area contributed by atoms with Gasteiger partial charge in [0.15, 0.2) is 11.2 Å². The lowest BCUT2D eigenvalue weighted by Gasteiger charge is -2.06. The van der Waals surface area contributed by atoms with E-state index in [9.17, 15) is 0 Å². The Labute approximate surface area is 144 Å². The van der Waals surface area contributed by atoms with Crippen LogP contribution in [-0.4, -0.2) is 32.1 Å². The Morgan fingerprint density at radius 2 is 1.72 bits per heavy atom. The summed E-state index contributed by atoms with van der Waals surface area (Å²) in [5.74, 6) is 1.21. The Hall–Kier alpha value is -3.48. The van der Waals surface area contributed by atoms with Crippen LogP contribution in [0, 0.1) is 6.92 Å². The van der Waals surface area contributed by atoms with Gasteiger partial charge in [-0.2, -0.15) is 10.1 Å². The third-order valence-electron chi connectivity index (χ3n) is 3.81. The van der Waals surface area contributed by atoms with Crippen molar-refractivity contribution >= 4 is 22.8 Å². The van der Waals surface area contributed by atoms with Gasteiger partial charge >= 0.3 is 0 Å². The van der Waals surface area contributed by atoms with Crippen LogP contribution in [0.4, 0.5) is 11.6 Å². The molecule has 0 aliphatic rings. The number of hydrogen-bond acceptors (Lipinski definition) is 6. The molecule has 0 unspecified atom stereocenters. The highest BCUT2D eigenvalue weighted by molar-refractivity contribution is 5.76. The zero-order valence-electron chi connectivity index (χ0n) is 13.8. The first-order valence-electron chi connectivity index (χ1n) is 7.81. The summed E-state index contributed by atoms with van der Waals surface area (Å²) in [5, 5.41) is 16.1. The summed E-state index contributed by atoms with van der Waals surface area (Å²) >= 11 is 0. The van der Waals surface area contributed by atoms with Crippen molar-refractivity contribution in [1.29, 1.82) is 0 Å². The molecule has 0 saturated heterocycles. The summed E-state index contributed by atoms with van der Waals surface area (Å²) in [6, 6.07) is 17.4. The molecule has 0 bridgehead atoms. The van der Waals surface area contributed by atoms with E-state index in [-0.39, 0.29) is 0 Å². The van der Waals surface area contributed by atoms with Crippen LogP contribution >= 0.6 is 0 Å². The second-order valence-corrected chi connectivity index (χ2v) is 5.49. The highest BCUT2D eigenvalue weighted by atomic mass is 16.5. The second kappa shape index (κ2) is 6.20. The molecule has 0 spiro atoms. The van der Waals surface area contributed by atoms with E-state index in [1.807, 2.05) is 61.5 Å². The minimum Gasteiger partial charge on any atom is -0.497 e. The smallest absolute Gasteiger partial charge is 0.249 e. The van der Waals surface area contributed by atoms with Crippen LogP contribution in [0.3, 0.4) is 0 Å². The number of fused-ring (bicyclic) bond motifs is 1. The zero-order chi connectivity index (χ0) is 17.2. The molecule has 0 aliphatic carbocycles. The third-order valence-corrected chi connectivity index (χ3v) is 3.81. The summed E-state index contributed by atoms with van der Waals surface area (Å²) < 4.78 is 6.96. The van der Waals surface area contributed by atoms with Crippen molar-refractivity contribution in [3.8, 4) is 11.4 Å². The quantitative estimate of drug-likeness (QED) is 0.618. The fraction of sp³-hybridized carbons (Fsp3) is 0.111. The lowest BCUT2D eigenvalue weighted by atomic mass is 10.3. The maximum absolute atomic E-state index is 5.21. The summed E-state index contributed by atoms with van der Waals surface area (Å²) in [6.45, 7) is 1.89. The first kappa shape index (κ1) is 15.1. The fourth-order valence-corrected chi connectivity index (χ4v) is 2.55. The van der Waals surface area contributed by atoms with Crippen molar-refractivity contribution in [3.05, 3.63) is 60.3 Å². The van der Waals surface area contributed by atoms with E-state index >= 15 is 0 Å². The molecule has 7 nitrogen and oxygen atoms in total. The molecule has 0 saturated carbocycles. The number of nitrogens with zero attached hydrogens (tertiary/aromatic N) is 5. The topological polar surface area (TPSA) is 77.8 Å². The number of benzene rings is 2. The molecule has 124 valence electrons. The maximum atomic E-state index is 5.21. The number of rotatable bonds is 4. The summed E-state index contributed by atoms with van der Waals surface area (Å²) in [5.41, 5.74) is 3.88. The molecule has 0 atom stereocenters. The number of methoxy groups -OCH3 is 1. The van der Waals surface area contributed by atoms with Crippen molar-refractivity contribution in [1.82, 2.24) is 25.0 Å². The minimum atomic E-state index is 0.424. The molecule has 4 aromatic rings. The summed E-state index contributed by atoms with van der Waals surface area (Å²) in [6.07, 6.45) is 0. The Morgan fingerprint density at radius 1 is 0.960 bits per heavy atom. The number of aryl methyl sites for hydroxylation is 1. The molecular weight excluding hydrogens is 316 g/mol. The van der Waals surface area contributed by atoms with Crippen LogP contribution in [-0.2, 0) is 0 Å². The average Bonchev–Trinajstić information content (AvgIpc) is 2.99. The number of ether oxygens (including phenoxy) is 1. The summed E-state index contributed by atoms with van der Waals surface area (Å²) in [7, 11) is 1.64. The van der Waals surface area contributed by atoms with Crippen molar-refractivity contribution in [3.63, 3.8) is 0 Å². The van der Waals surface area contributed by atoms with Gasteiger partial charge < -0.3 is 10.1 Å². The average molecular weight is 332 g/mol. The van der Waals surface area contributed by atoms with Gasteiger partial charge in [-0.05, 0) is 43.3 Å². The van der Waals surface area contributed by atoms with E-state index in [4.69, 9.17) is 4.74 Å². The van der Waals surface area contributed by atoms with Crippen LogP contribution < -0.4 is 10.1 Å². The van der Waals surface area contributed by atoms with Crippen molar-refractivity contribution in [2.45, 2.75) is 6.92 Å². The third kappa shape index (κ3) is 2.87. The van der Waals surface area contributed by atoms with Crippen LogP contribution in [0.15, 0.2) is 54.6 Å². The molecule has 0 aliphatic heterocycles. The minimum absolute atomic E-state index is 0.424. The highest BCUT2D eigenvalue weighted by Gasteiger charge is 2.14. The molecule has 0 amide bonds. The number of aromatic nitrogens is 5. The predicted octanol–water partition coefficient (Wildman–Crippen LogP) is 3.27. The highest BCUT2D eigenvalue weighted by Crippen LogP contribution is 2.21. The summed E-state index contributed by atoms with van der Waals surface area (Å²) in [4.78, 5) is 4.59. The van der Waals surface area contributed by atoms with Crippen LogP contribution in [0.2, 0.25) is 0 Å². The van der Waals surface area contributed by atoms with E-state index in [1.165, 1.54) is 0 Å². The molecule has 2 heterocycles.